The topological polar surface area (TPSA) is 38.0 Å². The highest BCUT2D eigenvalue weighted by atomic mass is 15.0. The molecule has 0 spiro atoms. The first kappa shape index (κ1) is 12.9. The highest BCUT2D eigenvalue weighted by molar-refractivity contribution is 4.83. The van der Waals surface area contributed by atoms with E-state index < -0.39 is 0 Å². The Morgan fingerprint density at radius 2 is 2.00 bits per heavy atom. The van der Waals surface area contributed by atoms with E-state index in [0.717, 1.165) is 19.0 Å². The summed E-state index contributed by atoms with van der Waals surface area (Å²) in [5.41, 5.74) is 5.92. The second kappa shape index (κ2) is 6.39. The van der Waals surface area contributed by atoms with Crippen LogP contribution in [0.2, 0.25) is 0 Å². The molecule has 2 heteroatoms. The molecule has 13 heavy (non-hydrogen) atoms. The fourth-order valence-corrected chi connectivity index (χ4v) is 1.30. The molecule has 0 aliphatic rings. The molecule has 0 rings (SSSR count). The van der Waals surface area contributed by atoms with Crippen molar-refractivity contribution in [2.24, 2.45) is 11.7 Å². The second-order valence-electron chi connectivity index (χ2n) is 4.62. The van der Waals surface area contributed by atoms with Gasteiger partial charge in [-0.15, -0.1) is 0 Å². The lowest BCUT2D eigenvalue weighted by Gasteiger charge is -2.30. The molecule has 1 atom stereocenters. The Bertz CT molecular complexity index is 123. The predicted molar refractivity (Wildman–Crippen MR) is 59.8 cm³/mol. The van der Waals surface area contributed by atoms with E-state index in [9.17, 15) is 0 Å². The van der Waals surface area contributed by atoms with Crippen LogP contribution in [0.3, 0.4) is 0 Å². The molecule has 0 heterocycles. The van der Waals surface area contributed by atoms with Crippen LogP contribution in [0, 0.1) is 5.92 Å². The summed E-state index contributed by atoms with van der Waals surface area (Å²) < 4.78 is 0. The van der Waals surface area contributed by atoms with E-state index in [-0.39, 0.29) is 5.54 Å². The molecule has 0 saturated heterocycles. The summed E-state index contributed by atoms with van der Waals surface area (Å²) in [6, 6.07) is 0. The molecule has 0 fully saturated rings. The molecular weight excluding hydrogens is 160 g/mol. The zero-order valence-electron chi connectivity index (χ0n) is 9.69. The van der Waals surface area contributed by atoms with Crippen LogP contribution >= 0.6 is 0 Å². The number of nitrogens with two attached hydrogens (primary N) is 1. The zero-order valence-corrected chi connectivity index (χ0v) is 9.69. The lowest BCUT2D eigenvalue weighted by atomic mass is 9.92. The lowest BCUT2D eigenvalue weighted by Crippen LogP contribution is -2.49. The molecular formula is C11H26N2. The molecule has 0 amide bonds. The minimum absolute atomic E-state index is 0.153. The van der Waals surface area contributed by atoms with E-state index in [4.69, 9.17) is 5.73 Å². The normalized spacial score (nSPS) is 16.2. The molecule has 0 aliphatic carbocycles. The van der Waals surface area contributed by atoms with E-state index >= 15 is 0 Å². The maximum Gasteiger partial charge on any atom is 0.0275 e. The fourth-order valence-electron chi connectivity index (χ4n) is 1.30. The molecule has 0 aromatic rings. The van der Waals surface area contributed by atoms with Crippen LogP contribution in [0.5, 0.6) is 0 Å². The molecule has 3 N–H and O–H groups in total. The van der Waals surface area contributed by atoms with Crippen molar-refractivity contribution in [1.29, 1.82) is 0 Å². The van der Waals surface area contributed by atoms with E-state index in [1.54, 1.807) is 0 Å². The van der Waals surface area contributed by atoms with Gasteiger partial charge in [-0.2, -0.15) is 0 Å². The zero-order chi connectivity index (χ0) is 10.3. The third kappa shape index (κ3) is 6.05. The van der Waals surface area contributed by atoms with Gasteiger partial charge in [0.15, 0.2) is 0 Å². The van der Waals surface area contributed by atoms with Gasteiger partial charge in [-0.3, -0.25) is 0 Å². The van der Waals surface area contributed by atoms with Crippen LogP contribution in [0.4, 0.5) is 0 Å². The molecule has 0 aliphatic heterocycles. The molecule has 0 aromatic heterocycles. The largest absolute Gasteiger partial charge is 0.329 e. The summed E-state index contributed by atoms with van der Waals surface area (Å²) in [5.74, 6) is 0.773. The second-order valence-corrected chi connectivity index (χ2v) is 4.62. The third-order valence-electron chi connectivity index (χ3n) is 2.53. The van der Waals surface area contributed by atoms with Crippen molar-refractivity contribution in [2.45, 2.75) is 52.5 Å². The Labute approximate surface area is 83.3 Å². The van der Waals surface area contributed by atoms with Gasteiger partial charge in [0.1, 0.15) is 0 Å². The Morgan fingerprint density at radius 1 is 1.38 bits per heavy atom. The maximum absolute atomic E-state index is 5.77. The molecule has 0 radical (unpaired) electrons. The highest BCUT2D eigenvalue weighted by Crippen LogP contribution is 2.15. The SMILES string of the molecule is CCCNC(C)(CN)CCC(C)C. The standard InChI is InChI=1S/C11H26N2/c1-5-8-13-11(4,9-12)7-6-10(2)3/h10,13H,5-9,12H2,1-4H3. The quantitative estimate of drug-likeness (QED) is 0.639. The van der Waals surface area contributed by atoms with Gasteiger partial charge in [-0.25, -0.2) is 0 Å². The number of nitrogens with one attached hydrogen (secondary N) is 1. The van der Waals surface area contributed by atoms with Gasteiger partial charge >= 0.3 is 0 Å². The summed E-state index contributed by atoms with van der Waals surface area (Å²) in [4.78, 5) is 0. The smallest absolute Gasteiger partial charge is 0.0275 e. The minimum atomic E-state index is 0.153. The summed E-state index contributed by atoms with van der Waals surface area (Å²) in [6.45, 7) is 10.7. The molecule has 0 aromatic carbocycles. The first-order valence-electron chi connectivity index (χ1n) is 5.49. The van der Waals surface area contributed by atoms with Crippen LogP contribution in [0.1, 0.15) is 47.0 Å². The van der Waals surface area contributed by atoms with Gasteiger partial charge in [-0.1, -0.05) is 20.8 Å². The first-order valence-corrected chi connectivity index (χ1v) is 5.49. The number of hydrogen-bond acceptors (Lipinski definition) is 2. The predicted octanol–water partition coefficient (Wildman–Crippen LogP) is 2.14. The number of hydrogen-bond donors (Lipinski definition) is 2. The van der Waals surface area contributed by atoms with Crippen molar-refractivity contribution in [3.8, 4) is 0 Å². The summed E-state index contributed by atoms with van der Waals surface area (Å²) in [7, 11) is 0. The summed E-state index contributed by atoms with van der Waals surface area (Å²) >= 11 is 0. The minimum Gasteiger partial charge on any atom is -0.329 e. The van der Waals surface area contributed by atoms with Crippen LogP contribution in [-0.2, 0) is 0 Å². The van der Waals surface area contributed by atoms with Crippen molar-refractivity contribution in [3.63, 3.8) is 0 Å². The van der Waals surface area contributed by atoms with Gasteiger partial charge < -0.3 is 11.1 Å². The fraction of sp³-hybridized carbons (Fsp3) is 1.00. The van der Waals surface area contributed by atoms with Crippen LogP contribution in [-0.4, -0.2) is 18.6 Å². The van der Waals surface area contributed by atoms with Crippen LogP contribution in [0.15, 0.2) is 0 Å². The van der Waals surface area contributed by atoms with Gasteiger partial charge in [0, 0.05) is 12.1 Å². The molecule has 0 saturated carbocycles. The van der Waals surface area contributed by atoms with Gasteiger partial charge in [-0.05, 0) is 38.6 Å². The van der Waals surface area contributed by atoms with Gasteiger partial charge in [0.05, 0.1) is 0 Å². The summed E-state index contributed by atoms with van der Waals surface area (Å²) in [5, 5.41) is 3.53. The lowest BCUT2D eigenvalue weighted by molar-refractivity contribution is 0.314. The van der Waals surface area contributed by atoms with Crippen molar-refractivity contribution in [3.05, 3.63) is 0 Å². The Morgan fingerprint density at radius 3 is 2.38 bits per heavy atom. The number of rotatable bonds is 7. The van der Waals surface area contributed by atoms with Crippen molar-refractivity contribution in [1.82, 2.24) is 5.32 Å². The Hall–Kier alpha value is -0.0800. The van der Waals surface area contributed by atoms with Crippen LogP contribution in [0.25, 0.3) is 0 Å². The Kier molecular flexibility index (Phi) is 6.35. The van der Waals surface area contributed by atoms with Crippen molar-refractivity contribution >= 4 is 0 Å². The summed E-state index contributed by atoms with van der Waals surface area (Å²) in [6.07, 6.45) is 3.61. The maximum atomic E-state index is 5.77. The molecule has 2 nitrogen and oxygen atoms in total. The molecule has 0 bridgehead atoms. The van der Waals surface area contributed by atoms with E-state index in [1.807, 2.05) is 0 Å². The molecule has 1 unspecified atom stereocenters. The Balaban J connectivity index is 3.81. The van der Waals surface area contributed by atoms with Gasteiger partial charge in [0.25, 0.3) is 0 Å². The van der Waals surface area contributed by atoms with E-state index in [2.05, 4.69) is 33.0 Å². The van der Waals surface area contributed by atoms with E-state index in [1.165, 1.54) is 19.3 Å². The van der Waals surface area contributed by atoms with E-state index in [0.29, 0.717) is 0 Å². The first-order chi connectivity index (χ1) is 6.04. The van der Waals surface area contributed by atoms with Crippen molar-refractivity contribution < 1.29 is 0 Å². The van der Waals surface area contributed by atoms with Gasteiger partial charge in [0.2, 0.25) is 0 Å². The average Bonchev–Trinajstić information content (AvgIpc) is 2.11. The highest BCUT2D eigenvalue weighted by Gasteiger charge is 2.20. The monoisotopic (exact) mass is 186 g/mol. The van der Waals surface area contributed by atoms with Crippen LogP contribution < -0.4 is 11.1 Å². The third-order valence-corrected chi connectivity index (χ3v) is 2.53. The van der Waals surface area contributed by atoms with Crippen molar-refractivity contribution in [2.75, 3.05) is 13.1 Å². The average molecular weight is 186 g/mol. The molecule has 80 valence electrons.